The van der Waals surface area contributed by atoms with Crippen molar-refractivity contribution in [3.8, 4) is 11.3 Å². The summed E-state index contributed by atoms with van der Waals surface area (Å²) in [7, 11) is 0. The molecule has 0 unspecified atom stereocenters. The zero-order chi connectivity index (χ0) is 10.1. The molecule has 0 fully saturated rings. The van der Waals surface area contributed by atoms with Crippen molar-refractivity contribution in [2.45, 2.75) is 13.0 Å². The van der Waals surface area contributed by atoms with Gasteiger partial charge in [0.05, 0.1) is 5.69 Å². The van der Waals surface area contributed by atoms with E-state index in [9.17, 15) is 0 Å². The van der Waals surface area contributed by atoms with E-state index in [-0.39, 0.29) is 24.8 Å². The number of aromatic nitrogens is 3. The van der Waals surface area contributed by atoms with Crippen LogP contribution in [-0.4, -0.2) is 21.7 Å². The largest absolute Gasteiger partial charge is 0.312 e. The fraction of sp³-hybridized carbons (Fsp3) is 0.273. The van der Waals surface area contributed by atoms with Gasteiger partial charge < -0.3 is 5.32 Å². The first kappa shape index (κ1) is 14.0. The van der Waals surface area contributed by atoms with Gasteiger partial charge in [0.2, 0.25) is 0 Å². The highest BCUT2D eigenvalue weighted by atomic mass is 35.5. The fourth-order valence-electron chi connectivity index (χ4n) is 1.97. The Balaban J connectivity index is 0.000000722. The summed E-state index contributed by atoms with van der Waals surface area (Å²) in [6.45, 7) is 1.94. The van der Waals surface area contributed by atoms with Gasteiger partial charge in [0.25, 0.3) is 0 Å². The number of pyridine rings is 1. The lowest BCUT2D eigenvalue weighted by Gasteiger charge is -2.12. The lowest BCUT2D eigenvalue weighted by atomic mass is 10.0. The van der Waals surface area contributed by atoms with Gasteiger partial charge in [-0.1, -0.05) is 0 Å². The number of nitrogens with one attached hydrogen (secondary N) is 2. The number of nitrogens with zero attached hydrogens (tertiary/aromatic N) is 2. The first-order valence-corrected chi connectivity index (χ1v) is 5.12. The zero-order valence-electron chi connectivity index (χ0n) is 9.14. The van der Waals surface area contributed by atoms with Gasteiger partial charge in [-0.15, -0.1) is 24.8 Å². The van der Waals surface area contributed by atoms with Crippen LogP contribution >= 0.6 is 24.8 Å². The monoisotopic (exact) mass is 272 g/mol. The highest BCUT2D eigenvalue weighted by Crippen LogP contribution is 2.24. The number of halogens is 2. The van der Waals surface area contributed by atoms with Crippen LogP contribution in [0.25, 0.3) is 11.3 Å². The Labute approximate surface area is 112 Å². The summed E-state index contributed by atoms with van der Waals surface area (Å²) >= 11 is 0. The summed E-state index contributed by atoms with van der Waals surface area (Å²) in [4.78, 5) is 4.01. The van der Waals surface area contributed by atoms with Gasteiger partial charge in [-0.2, -0.15) is 5.10 Å². The van der Waals surface area contributed by atoms with E-state index in [1.54, 1.807) is 12.4 Å². The lowest BCUT2D eigenvalue weighted by molar-refractivity contribution is 0.637. The van der Waals surface area contributed by atoms with E-state index < -0.39 is 0 Å². The van der Waals surface area contributed by atoms with Crippen LogP contribution in [0, 0.1) is 0 Å². The van der Waals surface area contributed by atoms with E-state index in [2.05, 4.69) is 20.5 Å². The predicted octanol–water partition coefficient (Wildman–Crippen LogP) is 1.96. The predicted molar refractivity (Wildman–Crippen MR) is 71.7 cm³/mol. The Kier molecular flexibility index (Phi) is 4.93. The van der Waals surface area contributed by atoms with Crippen LogP contribution in [0.15, 0.2) is 24.5 Å². The van der Waals surface area contributed by atoms with Crippen molar-refractivity contribution in [3.05, 3.63) is 35.8 Å². The molecule has 3 heterocycles. The van der Waals surface area contributed by atoms with Gasteiger partial charge in [0.15, 0.2) is 0 Å². The topological polar surface area (TPSA) is 53.6 Å². The number of rotatable bonds is 1. The summed E-state index contributed by atoms with van der Waals surface area (Å²) in [6.07, 6.45) is 4.63. The highest BCUT2D eigenvalue weighted by Gasteiger charge is 2.16. The summed E-state index contributed by atoms with van der Waals surface area (Å²) in [5.41, 5.74) is 4.75. The molecule has 0 saturated carbocycles. The average Bonchev–Trinajstić information content (AvgIpc) is 2.74. The fourth-order valence-corrected chi connectivity index (χ4v) is 1.97. The molecule has 2 N–H and O–H groups in total. The molecule has 0 atom stereocenters. The maximum Gasteiger partial charge on any atom is 0.0969 e. The van der Waals surface area contributed by atoms with E-state index in [1.165, 1.54) is 11.3 Å². The van der Waals surface area contributed by atoms with Crippen LogP contribution in [0.2, 0.25) is 0 Å². The smallest absolute Gasteiger partial charge is 0.0969 e. The van der Waals surface area contributed by atoms with Crippen LogP contribution in [0.3, 0.4) is 0 Å². The molecular formula is C11H14Cl2N4. The van der Waals surface area contributed by atoms with Crippen LogP contribution in [0.4, 0.5) is 0 Å². The number of hydrogen-bond acceptors (Lipinski definition) is 3. The molecule has 17 heavy (non-hydrogen) atoms. The molecule has 0 radical (unpaired) electrons. The molecular weight excluding hydrogens is 259 g/mol. The normalized spacial score (nSPS) is 13.2. The molecule has 2 aromatic rings. The minimum atomic E-state index is 0. The molecule has 1 aliphatic rings. The van der Waals surface area contributed by atoms with Crippen molar-refractivity contribution in [2.75, 3.05) is 6.54 Å². The van der Waals surface area contributed by atoms with Gasteiger partial charge in [-0.25, -0.2) is 0 Å². The van der Waals surface area contributed by atoms with Gasteiger partial charge in [-0.05, 0) is 12.1 Å². The number of H-pyrrole nitrogens is 1. The summed E-state index contributed by atoms with van der Waals surface area (Å²) in [5, 5.41) is 10.9. The second-order valence-corrected chi connectivity index (χ2v) is 3.69. The molecule has 0 bridgehead atoms. The van der Waals surface area contributed by atoms with Gasteiger partial charge in [0.1, 0.15) is 0 Å². The van der Waals surface area contributed by atoms with E-state index in [4.69, 9.17) is 0 Å². The first-order chi connectivity index (χ1) is 7.45. The molecule has 1 aliphatic heterocycles. The third kappa shape index (κ3) is 2.60. The number of aromatic amines is 1. The minimum Gasteiger partial charge on any atom is -0.312 e. The van der Waals surface area contributed by atoms with Crippen molar-refractivity contribution < 1.29 is 0 Å². The molecule has 0 saturated heterocycles. The van der Waals surface area contributed by atoms with Crippen molar-refractivity contribution in [1.29, 1.82) is 0 Å². The summed E-state index contributed by atoms with van der Waals surface area (Å²) in [5.74, 6) is 0. The minimum absolute atomic E-state index is 0. The zero-order valence-corrected chi connectivity index (χ0v) is 10.8. The third-order valence-electron chi connectivity index (χ3n) is 2.76. The van der Waals surface area contributed by atoms with Crippen LogP contribution in [0.5, 0.6) is 0 Å². The molecule has 6 heteroatoms. The SMILES string of the molecule is Cl.Cl.c1cc(-c2n[nH]c3c2CNCC3)ccn1. The Morgan fingerprint density at radius 1 is 1.12 bits per heavy atom. The summed E-state index contributed by atoms with van der Waals surface area (Å²) < 4.78 is 0. The molecule has 0 aromatic carbocycles. The van der Waals surface area contributed by atoms with Crippen molar-refractivity contribution in [3.63, 3.8) is 0 Å². The van der Waals surface area contributed by atoms with E-state index in [0.29, 0.717) is 0 Å². The summed E-state index contributed by atoms with van der Waals surface area (Å²) in [6, 6.07) is 3.98. The average molecular weight is 273 g/mol. The Morgan fingerprint density at radius 2 is 1.88 bits per heavy atom. The maximum absolute atomic E-state index is 4.38. The van der Waals surface area contributed by atoms with E-state index in [0.717, 1.165) is 30.8 Å². The van der Waals surface area contributed by atoms with Crippen molar-refractivity contribution in [1.82, 2.24) is 20.5 Å². The molecule has 4 nitrogen and oxygen atoms in total. The Morgan fingerprint density at radius 3 is 2.65 bits per heavy atom. The second-order valence-electron chi connectivity index (χ2n) is 3.69. The molecule has 0 aliphatic carbocycles. The van der Waals surface area contributed by atoms with Gasteiger partial charge >= 0.3 is 0 Å². The van der Waals surface area contributed by atoms with Gasteiger partial charge in [-0.3, -0.25) is 10.1 Å². The van der Waals surface area contributed by atoms with E-state index >= 15 is 0 Å². The van der Waals surface area contributed by atoms with Gasteiger partial charge in [0, 0.05) is 48.7 Å². The molecule has 92 valence electrons. The Hall–Kier alpha value is -1.10. The van der Waals surface area contributed by atoms with Crippen LogP contribution < -0.4 is 5.32 Å². The number of fused-ring (bicyclic) bond motifs is 1. The van der Waals surface area contributed by atoms with E-state index in [1.807, 2.05) is 12.1 Å². The quantitative estimate of drug-likeness (QED) is 0.835. The highest BCUT2D eigenvalue weighted by molar-refractivity contribution is 5.85. The number of hydrogen-bond donors (Lipinski definition) is 2. The Bertz CT molecular complexity index is 470. The molecule has 2 aromatic heterocycles. The lowest BCUT2D eigenvalue weighted by Crippen LogP contribution is -2.23. The molecule has 0 spiro atoms. The van der Waals surface area contributed by atoms with Crippen LogP contribution in [-0.2, 0) is 13.0 Å². The van der Waals surface area contributed by atoms with Crippen molar-refractivity contribution >= 4 is 24.8 Å². The standard InChI is InChI=1S/C11H12N4.2ClH/c1-4-12-5-2-8(1)11-9-7-13-6-3-10(9)14-15-11;;/h1-2,4-5,13H,3,6-7H2,(H,14,15);2*1H. The molecule has 3 rings (SSSR count). The first-order valence-electron chi connectivity index (χ1n) is 5.12. The van der Waals surface area contributed by atoms with Crippen molar-refractivity contribution in [2.24, 2.45) is 0 Å². The van der Waals surface area contributed by atoms with Crippen LogP contribution in [0.1, 0.15) is 11.3 Å². The third-order valence-corrected chi connectivity index (χ3v) is 2.76. The maximum atomic E-state index is 4.38. The molecule has 0 amide bonds. The second kappa shape index (κ2) is 6.00.